The molecule has 142 valence electrons. The van der Waals surface area contributed by atoms with E-state index in [4.69, 9.17) is 0 Å². The van der Waals surface area contributed by atoms with E-state index in [-0.39, 0.29) is 17.8 Å². The number of alkyl halides is 3. The molecule has 1 N–H and O–H groups in total. The zero-order valence-electron chi connectivity index (χ0n) is 14.5. The minimum Gasteiger partial charge on any atom is -0.406 e. The summed E-state index contributed by atoms with van der Waals surface area (Å²) in [6, 6.07) is 6.67. The molecule has 2 atom stereocenters. The Hall–Kier alpha value is -2.29. The first kappa shape index (κ1) is 18.5. The third-order valence-electron chi connectivity index (χ3n) is 4.44. The fourth-order valence-electron chi connectivity index (χ4n) is 3.19. The van der Waals surface area contributed by atoms with Gasteiger partial charge >= 0.3 is 6.36 Å². The molecule has 3 rings (SSSR count). The van der Waals surface area contributed by atoms with Crippen LogP contribution in [0, 0.1) is 0 Å². The molecule has 1 aliphatic heterocycles. The van der Waals surface area contributed by atoms with Gasteiger partial charge in [0.1, 0.15) is 18.4 Å². The van der Waals surface area contributed by atoms with Gasteiger partial charge in [0.2, 0.25) is 0 Å². The van der Waals surface area contributed by atoms with Crippen LogP contribution in [-0.4, -0.2) is 46.3 Å². The molecular weight excluding hydrogens is 347 g/mol. The van der Waals surface area contributed by atoms with E-state index in [0.717, 1.165) is 38.2 Å². The number of hydrogen-bond donors (Lipinski definition) is 1. The average molecular weight is 369 g/mol. The van der Waals surface area contributed by atoms with Crippen LogP contribution in [0.1, 0.15) is 19.8 Å². The molecule has 6 nitrogen and oxygen atoms in total. The third kappa shape index (κ3) is 5.10. The maximum Gasteiger partial charge on any atom is 0.573 e. The Morgan fingerprint density at radius 2 is 2.23 bits per heavy atom. The molecule has 1 saturated heterocycles. The summed E-state index contributed by atoms with van der Waals surface area (Å²) in [5, 5.41) is 7.74. The standard InChI is InChI=1S/C17H22F3N5O/c1-2-13(10-25-12-21-11-22-25)23-14-6-7-24(9-14)15-4-3-5-16(8-15)26-17(18,19)20/h3-5,8,11-14,23H,2,6-7,9-10H2,1H3/t13-,14+/m1/s1. The minimum absolute atomic E-state index is 0.191. The van der Waals surface area contributed by atoms with E-state index in [1.165, 1.54) is 18.5 Å². The van der Waals surface area contributed by atoms with Gasteiger partial charge in [-0.25, -0.2) is 4.98 Å². The molecule has 0 radical (unpaired) electrons. The number of nitrogens with zero attached hydrogens (tertiary/aromatic N) is 4. The van der Waals surface area contributed by atoms with E-state index in [2.05, 4.69) is 32.0 Å². The quantitative estimate of drug-likeness (QED) is 0.813. The van der Waals surface area contributed by atoms with Gasteiger partial charge in [0.15, 0.2) is 0 Å². The summed E-state index contributed by atoms with van der Waals surface area (Å²) in [6.07, 6.45) is 0.407. The Morgan fingerprint density at radius 3 is 2.92 bits per heavy atom. The van der Waals surface area contributed by atoms with Crippen molar-refractivity contribution >= 4 is 5.69 Å². The van der Waals surface area contributed by atoms with Crippen molar-refractivity contribution in [2.24, 2.45) is 0 Å². The van der Waals surface area contributed by atoms with Crippen LogP contribution in [-0.2, 0) is 6.54 Å². The Morgan fingerprint density at radius 1 is 1.38 bits per heavy atom. The molecule has 1 aromatic carbocycles. The van der Waals surface area contributed by atoms with Gasteiger partial charge in [0.05, 0.1) is 6.54 Å². The van der Waals surface area contributed by atoms with E-state index < -0.39 is 6.36 Å². The van der Waals surface area contributed by atoms with Gasteiger partial charge in [0, 0.05) is 36.9 Å². The highest BCUT2D eigenvalue weighted by atomic mass is 19.4. The molecule has 0 aliphatic carbocycles. The van der Waals surface area contributed by atoms with Crippen LogP contribution < -0.4 is 15.0 Å². The summed E-state index contributed by atoms with van der Waals surface area (Å²) < 4.78 is 43.0. The normalized spacial score (nSPS) is 18.9. The lowest BCUT2D eigenvalue weighted by atomic mass is 10.1. The van der Waals surface area contributed by atoms with Gasteiger partial charge < -0.3 is 15.0 Å². The Kier molecular flexibility index (Phi) is 5.65. The summed E-state index contributed by atoms with van der Waals surface area (Å²) >= 11 is 0. The van der Waals surface area contributed by atoms with E-state index >= 15 is 0 Å². The SMILES string of the molecule is CC[C@H](Cn1cncn1)N[C@H]1CCN(c2cccc(OC(F)(F)F)c2)C1. The van der Waals surface area contributed by atoms with E-state index in [1.54, 1.807) is 23.1 Å². The zero-order chi connectivity index (χ0) is 18.6. The van der Waals surface area contributed by atoms with E-state index in [9.17, 15) is 13.2 Å². The smallest absolute Gasteiger partial charge is 0.406 e. The molecule has 0 saturated carbocycles. The summed E-state index contributed by atoms with van der Waals surface area (Å²) in [4.78, 5) is 6.02. The van der Waals surface area contributed by atoms with Crippen molar-refractivity contribution in [1.29, 1.82) is 0 Å². The zero-order valence-corrected chi connectivity index (χ0v) is 14.5. The molecule has 1 fully saturated rings. The highest BCUT2D eigenvalue weighted by Gasteiger charge is 2.31. The van der Waals surface area contributed by atoms with Crippen LogP contribution in [0.2, 0.25) is 0 Å². The van der Waals surface area contributed by atoms with Crippen molar-refractivity contribution in [2.75, 3.05) is 18.0 Å². The van der Waals surface area contributed by atoms with Gasteiger partial charge in [-0.15, -0.1) is 13.2 Å². The minimum atomic E-state index is -4.68. The van der Waals surface area contributed by atoms with Crippen LogP contribution in [0.5, 0.6) is 5.75 Å². The fourth-order valence-corrected chi connectivity index (χ4v) is 3.19. The Balaban J connectivity index is 1.57. The summed E-state index contributed by atoms with van der Waals surface area (Å²) in [5.41, 5.74) is 0.736. The first-order valence-corrected chi connectivity index (χ1v) is 8.62. The number of halogens is 3. The second kappa shape index (κ2) is 7.94. The van der Waals surface area contributed by atoms with Crippen molar-refractivity contribution < 1.29 is 17.9 Å². The second-order valence-corrected chi connectivity index (χ2v) is 6.37. The number of nitrogens with one attached hydrogen (secondary N) is 1. The van der Waals surface area contributed by atoms with Gasteiger partial charge in [-0.2, -0.15) is 5.10 Å². The molecule has 0 spiro atoms. The second-order valence-electron chi connectivity index (χ2n) is 6.37. The number of anilines is 1. The number of rotatable bonds is 7. The van der Waals surface area contributed by atoms with Crippen molar-refractivity contribution in [3.8, 4) is 5.75 Å². The van der Waals surface area contributed by atoms with E-state index in [0.29, 0.717) is 0 Å². The molecule has 2 heterocycles. The van der Waals surface area contributed by atoms with Gasteiger partial charge in [-0.3, -0.25) is 4.68 Å². The summed E-state index contributed by atoms with van der Waals surface area (Å²) in [6.45, 7) is 4.37. The number of hydrogen-bond acceptors (Lipinski definition) is 5. The molecule has 9 heteroatoms. The molecule has 26 heavy (non-hydrogen) atoms. The van der Waals surface area contributed by atoms with Crippen LogP contribution in [0.25, 0.3) is 0 Å². The van der Waals surface area contributed by atoms with Gasteiger partial charge in [-0.1, -0.05) is 13.0 Å². The maximum absolute atomic E-state index is 12.4. The molecule has 2 aromatic rings. The molecule has 1 aliphatic rings. The number of ether oxygens (including phenoxy) is 1. The lowest BCUT2D eigenvalue weighted by Crippen LogP contribution is -2.42. The predicted octanol–water partition coefficient (Wildman–Crippen LogP) is 2.82. The number of aromatic nitrogens is 3. The van der Waals surface area contributed by atoms with Crippen molar-refractivity contribution in [3.05, 3.63) is 36.9 Å². The Bertz CT molecular complexity index is 692. The van der Waals surface area contributed by atoms with Gasteiger partial charge in [0.25, 0.3) is 0 Å². The first-order valence-electron chi connectivity index (χ1n) is 8.62. The highest BCUT2D eigenvalue weighted by molar-refractivity contribution is 5.51. The highest BCUT2D eigenvalue weighted by Crippen LogP contribution is 2.28. The first-order chi connectivity index (χ1) is 12.4. The number of benzene rings is 1. The van der Waals surface area contributed by atoms with Crippen LogP contribution in [0.15, 0.2) is 36.9 Å². The summed E-state index contributed by atoms with van der Waals surface area (Å²) in [7, 11) is 0. The molecule has 0 bridgehead atoms. The monoisotopic (exact) mass is 369 g/mol. The fraction of sp³-hybridized carbons (Fsp3) is 0.529. The van der Waals surface area contributed by atoms with Crippen LogP contribution in [0.3, 0.4) is 0 Å². The lowest BCUT2D eigenvalue weighted by Gasteiger charge is -2.23. The summed E-state index contributed by atoms with van der Waals surface area (Å²) in [5.74, 6) is -0.191. The van der Waals surface area contributed by atoms with Crippen LogP contribution >= 0.6 is 0 Å². The third-order valence-corrected chi connectivity index (χ3v) is 4.44. The van der Waals surface area contributed by atoms with Crippen molar-refractivity contribution in [2.45, 2.75) is 44.8 Å². The van der Waals surface area contributed by atoms with Gasteiger partial charge in [-0.05, 0) is 25.0 Å². The maximum atomic E-state index is 12.4. The molecule has 0 unspecified atom stereocenters. The van der Waals surface area contributed by atoms with Crippen molar-refractivity contribution in [3.63, 3.8) is 0 Å². The molecule has 1 aromatic heterocycles. The molecular formula is C17H22F3N5O. The topological polar surface area (TPSA) is 55.2 Å². The lowest BCUT2D eigenvalue weighted by molar-refractivity contribution is -0.274. The van der Waals surface area contributed by atoms with Crippen molar-refractivity contribution in [1.82, 2.24) is 20.1 Å². The Labute approximate surface area is 150 Å². The predicted molar refractivity (Wildman–Crippen MR) is 91.0 cm³/mol. The average Bonchev–Trinajstić information content (AvgIpc) is 3.25. The largest absolute Gasteiger partial charge is 0.573 e. The van der Waals surface area contributed by atoms with Crippen LogP contribution in [0.4, 0.5) is 18.9 Å². The molecule has 0 amide bonds. The van der Waals surface area contributed by atoms with E-state index in [1.807, 2.05) is 0 Å².